The maximum absolute atomic E-state index is 14.2. The Morgan fingerprint density at radius 3 is 2.34 bits per heavy atom. The van der Waals surface area contributed by atoms with E-state index in [-0.39, 0.29) is 30.4 Å². The summed E-state index contributed by atoms with van der Waals surface area (Å²) in [6, 6.07) is 4.32. The van der Waals surface area contributed by atoms with Gasteiger partial charge in [-0.25, -0.2) is 4.39 Å². The lowest BCUT2D eigenvalue weighted by Gasteiger charge is -2.34. The molecule has 4 rings (SSSR count). The molecule has 1 aromatic rings. The summed E-state index contributed by atoms with van der Waals surface area (Å²) >= 11 is 0. The van der Waals surface area contributed by atoms with Gasteiger partial charge in [0.25, 0.3) is 0 Å². The van der Waals surface area contributed by atoms with E-state index in [0.717, 1.165) is 25.7 Å². The highest BCUT2D eigenvalue weighted by atomic mass is 19.4. The molecule has 0 spiro atoms. The molecule has 2 atom stereocenters. The van der Waals surface area contributed by atoms with Crippen LogP contribution in [0.2, 0.25) is 0 Å². The standard InChI is InChI=1S/C23H27F6NO2/c24-20-12-17(3-4-18(20)21(31)15-1-2-15)32-10-7-16-11-19(16)14-5-8-30(9-6-14)13-22(25,26)23(27,28)29/h3-4,12,14-16,19H,1-2,5-11,13H2/t16-,19-/m1/s1. The molecule has 0 bridgehead atoms. The number of ether oxygens (including phenoxy) is 1. The predicted molar refractivity (Wildman–Crippen MR) is 105 cm³/mol. The number of halogens is 6. The zero-order valence-corrected chi connectivity index (χ0v) is 17.6. The molecule has 1 saturated heterocycles. The first kappa shape index (κ1) is 23.4. The van der Waals surface area contributed by atoms with Crippen molar-refractivity contribution < 1.29 is 35.9 Å². The Hall–Kier alpha value is -1.77. The SMILES string of the molecule is O=C(c1ccc(OCC[C@@H]2C[C@@H]2C2CCN(CC(F)(F)C(F)(F)F)CC2)cc1F)C1CC1. The molecule has 178 valence electrons. The Morgan fingerprint density at radius 1 is 1.06 bits per heavy atom. The van der Waals surface area contributed by atoms with Crippen LogP contribution in [0.1, 0.15) is 48.9 Å². The Bertz CT molecular complexity index is 830. The van der Waals surface area contributed by atoms with Crippen molar-refractivity contribution in [2.45, 2.75) is 50.6 Å². The van der Waals surface area contributed by atoms with E-state index >= 15 is 0 Å². The van der Waals surface area contributed by atoms with Crippen molar-refractivity contribution in [3.05, 3.63) is 29.6 Å². The number of carbonyl (C=O) groups excluding carboxylic acids is 1. The summed E-state index contributed by atoms with van der Waals surface area (Å²) in [7, 11) is 0. The average molecular weight is 463 g/mol. The minimum Gasteiger partial charge on any atom is -0.493 e. The number of Topliss-reactive ketones (excluding diaryl/α,β-unsaturated/α-hetero) is 1. The zero-order chi connectivity index (χ0) is 23.1. The number of hydrogen-bond donors (Lipinski definition) is 0. The molecular weight excluding hydrogens is 436 g/mol. The van der Waals surface area contributed by atoms with Crippen LogP contribution < -0.4 is 4.74 Å². The monoisotopic (exact) mass is 463 g/mol. The fourth-order valence-corrected chi connectivity index (χ4v) is 4.77. The van der Waals surface area contributed by atoms with Gasteiger partial charge < -0.3 is 4.74 Å². The van der Waals surface area contributed by atoms with Gasteiger partial charge in [-0.3, -0.25) is 9.69 Å². The van der Waals surface area contributed by atoms with E-state index in [1.54, 1.807) is 6.07 Å². The molecule has 0 N–H and O–H groups in total. The fourth-order valence-electron chi connectivity index (χ4n) is 4.77. The first-order chi connectivity index (χ1) is 15.0. The van der Waals surface area contributed by atoms with Gasteiger partial charge in [0, 0.05) is 12.0 Å². The molecule has 9 heteroatoms. The van der Waals surface area contributed by atoms with Crippen LogP contribution in [0, 0.1) is 29.5 Å². The van der Waals surface area contributed by atoms with Gasteiger partial charge in [-0.05, 0) is 81.5 Å². The van der Waals surface area contributed by atoms with Crippen LogP contribution in [0.5, 0.6) is 5.75 Å². The average Bonchev–Trinajstić information content (AvgIpc) is 3.62. The number of alkyl halides is 5. The van der Waals surface area contributed by atoms with Gasteiger partial charge in [0.05, 0.1) is 18.7 Å². The summed E-state index contributed by atoms with van der Waals surface area (Å²) in [6.45, 7) is -0.359. The highest BCUT2D eigenvalue weighted by Crippen LogP contribution is 2.50. The summed E-state index contributed by atoms with van der Waals surface area (Å²) in [6.07, 6.45) is -0.857. The predicted octanol–water partition coefficient (Wildman–Crippen LogP) is 5.73. The molecule has 3 aliphatic rings. The summed E-state index contributed by atoms with van der Waals surface area (Å²) in [5.74, 6) is -3.84. The van der Waals surface area contributed by atoms with E-state index in [1.165, 1.54) is 17.0 Å². The smallest absolute Gasteiger partial charge is 0.454 e. The molecule has 1 aromatic carbocycles. The second-order valence-electron chi connectivity index (χ2n) is 9.39. The summed E-state index contributed by atoms with van der Waals surface area (Å²) in [4.78, 5) is 13.2. The fraction of sp³-hybridized carbons (Fsp3) is 0.696. The number of nitrogens with zero attached hydrogens (tertiary/aromatic N) is 1. The van der Waals surface area contributed by atoms with E-state index in [1.807, 2.05) is 0 Å². The van der Waals surface area contributed by atoms with E-state index < -0.39 is 24.5 Å². The van der Waals surface area contributed by atoms with Gasteiger partial charge in [0.2, 0.25) is 0 Å². The number of piperidine rings is 1. The van der Waals surface area contributed by atoms with Crippen molar-refractivity contribution in [3.63, 3.8) is 0 Å². The normalized spacial score (nSPS) is 25.1. The van der Waals surface area contributed by atoms with Crippen molar-refractivity contribution in [2.24, 2.45) is 23.7 Å². The lowest BCUT2D eigenvalue weighted by molar-refractivity contribution is -0.287. The molecule has 0 radical (unpaired) electrons. The molecule has 32 heavy (non-hydrogen) atoms. The Morgan fingerprint density at radius 2 is 1.75 bits per heavy atom. The van der Waals surface area contributed by atoms with Crippen molar-refractivity contribution in [1.29, 1.82) is 0 Å². The molecule has 0 aromatic heterocycles. The molecule has 0 unspecified atom stereocenters. The first-order valence-corrected chi connectivity index (χ1v) is 11.2. The molecule has 2 saturated carbocycles. The number of rotatable bonds is 9. The van der Waals surface area contributed by atoms with E-state index in [0.29, 0.717) is 43.0 Å². The van der Waals surface area contributed by atoms with E-state index in [9.17, 15) is 31.1 Å². The summed E-state index contributed by atoms with van der Waals surface area (Å²) in [5, 5.41) is 0. The third kappa shape index (κ3) is 5.41. The van der Waals surface area contributed by atoms with Crippen LogP contribution in [0.15, 0.2) is 18.2 Å². The third-order valence-electron chi connectivity index (χ3n) is 6.96. The zero-order valence-electron chi connectivity index (χ0n) is 17.6. The third-order valence-corrected chi connectivity index (χ3v) is 6.96. The molecule has 3 fully saturated rings. The van der Waals surface area contributed by atoms with Crippen LogP contribution in [-0.2, 0) is 0 Å². The number of carbonyl (C=O) groups is 1. The van der Waals surface area contributed by atoms with Crippen molar-refractivity contribution in [1.82, 2.24) is 4.90 Å². The summed E-state index contributed by atoms with van der Waals surface area (Å²) < 4.78 is 83.4. The van der Waals surface area contributed by atoms with Gasteiger partial charge in [-0.15, -0.1) is 0 Å². The molecule has 3 nitrogen and oxygen atoms in total. The van der Waals surface area contributed by atoms with Crippen LogP contribution in [0.25, 0.3) is 0 Å². The maximum Gasteiger partial charge on any atom is 0.454 e. The number of likely N-dealkylation sites (tertiary alicyclic amines) is 1. The van der Waals surface area contributed by atoms with E-state index in [2.05, 4.69) is 0 Å². The second kappa shape index (κ2) is 8.88. The van der Waals surface area contributed by atoms with E-state index in [4.69, 9.17) is 4.74 Å². The van der Waals surface area contributed by atoms with Gasteiger partial charge in [-0.2, -0.15) is 22.0 Å². The molecular formula is C23H27F6NO2. The lowest BCUT2D eigenvalue weighted by atomic mass is 9.90. The second-order valence-corrected chi connectivity index (χ2v) is 9.39. The van der Waals surface area contributed by atoms with Gasteiger partial charge in [0.1, 0.15) is 11.6 Å². The first-order valence-electron chi connectivity index (χ1n) is 11.2. The van der Waals surface area contributed by atoms with Crippen molar-refractivity contribution in [2.75, 3.05) is 26.2 Å². The quantitative estimate of drug-likeness (QED) is 0.346. The Labute approximate surface area is 183 Å². The number of ketones is 1. The summed E-state index contributed by atoms with van der Waals surface area (Å²) in [5.41, 5.74) is 0.112. The number of hydrogen-bond acceptors (Lipinski definition) is 3. The highest BCUT2D eigenvalue weighted by molar-refractivity contribution is 5.99. The number of benzene rings is 1. The largest absolute Gasteiger partial charge is 0.493 e. The van der Waals surface area contributed by atoms with Gasteiger partial charge in [-0.1, -0.05) is 0 Å². The Balaban J connectivity index is 1.16. The molecule has 1 heterocycles. The molecule has 2 aliphatic carbocycles. The minimum absolute atomic E-state index is 0.0453. The Kier molecular flexibility index (Phi) is 6.49. The van der Waals surface area contributed by atoms with Crippen LogP contribution in [-0.4, -0.2) is 49.0 Å². The van der Waals surface area contributed by atoms with Crippen LogP contribution in [0.4, 0.5) is 26.3 Å². The minimum atomic E-state index is -5.51. The van der Waals surface area contributed by atoms with Crippen molar-refractivity contribution >= 4 is 5.78 Å². The van der Waals surface area contributed by atoms with Crippen LogP contribution >= 0.6 is 0 Å². The molecule has 1 aliphatic heterocycles. The van der Waals surface area contributed by atoms with Gasteiger partial charge >= 0.3 is 12.1 Å². The topological polar surface area (TPSA) is 29.5 Å². The molecule has 0 amide bonds. The maximum atomic E-state index is 14.2. The van der Waals surface area contributed by atoms with Crippen LogP contribution in [0.3, 0.4) is 0 Å². The highest BCUT2D eigenvalue weighted by Gasteiger charge is 2.58. The van der Waals surface area contributed by atoms with Gasteiger partial charge in [0.15, 0.2) is 5.78 Å². The lowest BCUT2D eigenvalue weighted by Crippen LogP contribution is -2.49. The van der Waals surface area contributed by atoms with Crippen molar-refractivity contribution in [3.8, 4) is 5.75 Å².